The second-order valence-electron chi connectivity index (χ2n) is 6.00. The molecule has 3 N–H and O–H groups in total. The topological polar surface area (TPSA) is 64.3 Å². The van der Waals surface area contributed by atoms with Crippen LogP contribution in [0.5, 0.6) is 0 Å². The molecule has 0 radical (unpaired) electrons. The van der Waals surface area contributed by atoms with Gasteiger partial charge < -0.3 is 15.8 Å². The van der Waals surface area contributed by atoms with E-state index in [0.717, 1.165) is 19.3 Å². The third kappa shape index (κ3) is 3.68. The van der Waals surface area contributed by atoms with Gasteiger partial charge in [0.05, 0.1) is 0 Å². The van der Waals surface area contributed by atoms with Gasteiger partial charge in [0.1, 0.15) is 5.60 Å². The minimum Gasteiger partial charge on any atom is -0.365 e. The van der Waals surface area contributed by atoms with Gasteiger partial charge in [-0.3, -0.25) is 4.79 Å². The third-order valence-corrected chi connectivity index (χ3v) is 3.42. The number of nitrogens with one attached hydrogen (secondary N) is 1. The van der Waals surface area contributed by atoms with Gasteiger partial charge in [0.25, 0.3) is 5.91 Å². The van der Waals surface area contributed by atoms with E-state index in [2.05, 4.69) is 19.2 Å². The predicted molar refractivity (Wildman–Crippen MR) is 68.6 cm³/mol. The van der Waals surface area contributed by atoms with E-state index < -0.39 is 5.60 Å². The molecule has 1 rings (SSSR count). The van der Waals surface area contributed by atoms with Crippen LogP contribution in [0, 0.1) is 5.92 Å². The van der Waals surface area contributed by atoms with Crippen LogP contribution in [0.25, 0.3) is 0 Å². The van der Waals surface area contributed by atoms with Crippen molar-refractivity contribution < 1.29 is 9.53 Å². The van der Waals surface area contributed by atoms with Crippen LogP contribution in [-0.2, 0) is 9.53 Å². The monoisotopic (exact) mass is 242 g/mol. The van der Waals surface area contributed by atoms with E-state index in [9.17, 15) is 4.79 Å². The molecule has 0 saturated carbocycles. The van der Waals surface area contributed by atoms with Gasteiger partial charge in [-0.25, -0.2) is 0 Å². The number of hydrogen-bond donors (Lipinski definition) is 2. The van der Waals surface area contributed by atoms with Gasteiger partial charge in [-0.1, -0.05) is 13.8 Å². The fourth-order valence-electron chi connectivity index (χ4n) is 2.45. The summed E-state index contributed by atoms with van der Waals surface area (Å²) in [6.07, 6.45) is 2.62. The number of ether oxygens (including phenoxy) is 1. The molecule has 0 aliphatic carbocycles. The van der Waals surface area contributed by atoms with Crippen LogP contribution in [0.2, 0.25) is 0 Å². The van der Waals surface area contributed by atoms with E-state index in [1.54, 1.807) is 0 Å². The molecule has 17 heavy (non-hydrogen) atoms. The smallest absolute Gasteiger partial charge is 0.252 e. The lowest BCUT2D eigenvalue weighted by Crippen LogP contribution is -2.57. The molecule has 2 unspecified atom stereocenters. The summed E-state index contributed by atoms with van der Waals surface area (Å²) in [6.45, 7) is 9.26. The number of carbonyl (C=O) groups excluding carboxylic acids is 1. The summed E-state index contributed by atoms with van der Waals surface area (Å²) in [5, 5.41) is 3.07. The lowest BCUT2D eigenvalue weighted by atomic mass is 9.89. The minimum atomic E-state index is -0.659. The Morgan fingerprint density at radius 3 is 2.65 bits per heavy atom. The highest BCUT2D eigenvalue weighted by molar-refractivity contribution is 5.85. The van der Waals surface area contributed by atoms with Crippen molar-refractivity contribution in [2.75, 3.05) is 13.2 Å². The van der Waals surface area contributed by atoms with Crippen molar-refractivity contribution in [3.05, 3.63) is 0 Å². The molecule has 1 heterocycles. The molecule has 0 spiro atoms. The molecular weight excluding hydrogens is 216 g/mol. The van der Waals surface area contributed by atoms with E-state index >= 15 is 0 Å². The van der Waals surface area contributed by atoms with Crippen LogP contribution in [0.3, 0.4) is 0 Å². The van der Waals surface area contributed by atoms with E-state index in [1.807, 2.05) is 13.8 Å². The summed E-state index contributed by atoms with van der Waals surface area (Å²) in [7, 11) is 0. The summed E-state index contributed by atoms with van der Waals surface area (Å²) in [5.41, 5.74) is 4.80. The van der Waals surface area contributed by atoms with Crippen molar-refractivity contribution in [3.63, 3.8) is 0 Å². The Bertz CT molecular complexity index is 273. The molecule has 2 atom stereocenters. The molecule has 0 aromatic heterocycles. The van der Waals surface area contributed by atoms with E-state index in [1.165, 1.54) is 0 Å². The van der Waals surface area contributed by atoms with Gasteiger partial charge in [0.15, 0.2) is 0 Å². The predicted octanol–water partition coefficient (Wildman–Crippen LogP) is 1.44. The van der Waals surface area contributed by atoms with E-state index in [0.29, 0.717) is 19.1 Å². The van der Waals surface area contributed by atoms with Crippen LogP contribution >= 0.6 is 0 Å². The number of carbonyl (C=O) groups is 1. The standard InChI is InChI=1S/C13H26N2O2/c1-10(2)8-12(3,9-14)15-11(16)13(4)6-5-7-17-13/h10H,5-9,14H2,1-4H3,(H,15,16). The van der Waals surface area contributed by atoms with Crippen LogP contribution in [0.4, 0.5) is 0 Å². The molecule has 1 aliphatic heterocycles. The fraction of sp³-hybridized carbons (Fsp3) is 0.923. The van der Waals surface area contributed by atoms with Crippen LogP contribution in [-0.4, -0.2) is 30.2 Å². The Labute approximate surface area is 104 Å². The highest BCUT2D eigenvalue weighted by atomic mass is 16.5. The van der Waals surface area contributed by atoms with Gasteiger partial charge in [0.2, 0.25) is 0 Å². The van der Waals surface area contributed by atoms with Crippen molar-refractivity contribution in [2.45, 2.75) is 58.1 Å². The zero-order valence-corrected chi connectivity index (χ0v) is 11.5. The number of rotatable bonds is 5. The summed E-state index contributed by atoms with van der Waals surface area (Å²) < 4.78 is 5.54. The summed E-state index contributed by atoms with van der Waals surface area (Å²) in [6, 6.07) is 0. The average Bonchev–Trinajstić information content (AvgIpc) is 2.65. The van der Waals surface area contributed by atoms with Gasteiger partial charge in [0, 0.05) is 18.7 Å². The zero-order valence-electron chi connectivity index (χ0n) is 11.5. The highest BCUT2D eigenvalue weighted by Gasteiger charge is 2.40. The maximum absolute atomic E-state index is 12.2. The largest absolute Gasteiger partial charge is 0.365 e. The zero-order chi connectivity index (χ0) is 13.1. The number of nitrogens with two attached hydrogens (primary N) is 1. The Balaban J connectivity index is 2.64. The first kappa shape index (κ1) is 14.5. The van der Waals surface area contributed by atoms with Gasteiger partial charge in [-0.15, -0.1) is 0 Å². The molecule has 1 fully saturated rings. The van der Waals surface area contributed by atoms with Gasteiger partial charge in [-0.05, 0) is 39.0 Å². The Kier molecular flexibility index (Phi) is 4.55. The first-order valence-corrected chi connectivity index (χ1v) is 6.48. The van der Waals surface area contributed by atoms with Crippen molar-refractivity contribution >= 4 is 5.91 Å². The summed E-state index contributed by atoms with van der Waals surface area (Å²) >= 11 is 0. The Morgan fingerprint density at radius 2 is 2.24 bits per heavy atom. The van der Waals surface area contributed by atoms with Crippen molar-refractivity contribution in [3.8, 4) is 0 Å². The normalized spacial score (nSPS) is 28.1. The number of amides is 1. The quantitative estimate of drug-likeness (QED) is 0.766. The molecule has 4 heteroatoms. The maximum atomic E-state index is 12.2. The van der Waals surface area contributed by atoms with Gasteiger partial charge >= 0.3 is 0 Å². The highest BCUT2D eigenvalue weighted by Crippen LogP contribution is 2.26. The molecular formula is C13H26N2O2. The van der Waals surface area contributed by atoms with Crippen LogP contribution < -0.4 is 11.1 Å². The SMILES string of the molecule is CC(C)CC(C)(CN)NC(=O)C1(C)CCCO1. The van der Waals surface area contributed by atoms with Crippen LogP contribution in [0.15, 0.2) is 0 Å². The molecule has 0 bridgehead atoms. The summed E-state index contributed by atoms with van der Waals surface area (Å²) in [5.74, 6) is 0.477. The molecule has 100 valence electrons. The molecule has 4 nitrogen and oxygen atoms in total. The first-order valence-electron chi connectivity index (χ1n) is 6.48. The third-order valence-electron chi connectivity index (χ3n) is 3.42. The van der Waals surface area contributed by atoms with E-state index in [4.69, 9.17) is 10.5 Å². The number of hydrogen-bond acceptors (Lipinski definition) is 3. The molecule has 0 aromatic rings. The Hall–Kier alpha value is -0.610. The average molecular weight is 242 g/mol. The van der Waals surface area contributed by atoms with Crippen molar-refractivity contribution in [1.82, 2.24) is 5.32 Å². The van der Waals surface area contributed by atoms with Crippen molar-refractivity contribution in [1.29, 1.82) is 0 Å². The second-order valence-corrected chi connectivity index (χ2v) is 6.00. The fourth-order valence-corrected chi connectivity index (χ4v) is 2.45. The van der Waals surface area contributed by atoms with Gasteiger partial charge in [-0.2, -0.15) is 0 Å². The van der Waals surface area contributed by atoms with Crippen molar-refractivity contribution in [2.24, 2.45) is 11.7 Å². The first-order chi connectivity index (χ1) is 7.81. The summed E-state index contributed by atoms with van der Waals surface area (Å²) in [4.78, 5) is 12.2. The minimum absolute atomic E-state index is 0.0244. The lowest BCUT2D eigenvalue weighted by molar-refractivity contribution is -0.141. The molecule has 0 aromatic carbocycles. The second kappa shape index (κ2) is 5.36. The lowest BCUT2D eigenvalue weighted by Gasteiger charge is -2.34. The molecule has 1 aliphatic rings. The molecule has 1 amide bonds. The van der Waals surface area contributed by atoms with Crippen LogP contribution in [0.1, 0.15) is 47.0 Å². The Morgan fingerprint density at radius 1 is 1.59 bits per heavy atom. The molecule has 1 saturated heterocycles. The maximum Gasteiger partial charge on any atom is 0.252 e. The van der Waals surface area contributed by atoms with E-state index in [-0.39, 0.29) is 11.4 Å².